The Morgan fingerprint density at radius 3 is 2.45 bits per heavy atom. The lowest BCUT2D eigenvalue weighted by Gasteiger charge is -2.11. The Bertz CT molecular complexity index is 496. The number of rotatable bonds is 7. The summed E-state index contributed by atoms with van der Waals surface area (Å²) in [7, 11) is 1.68. The number of nitrogens with zero attached hydrogens (tertiary/aromatic N) is 1. The Labute approximate surface area is 120 Å². The van der Waals surface area contributed by atoms with Crippen LogP contribution in [0.5, 0.6) is 5.75 Å². The Morgan fingerprint density at radius 2 is 1.80 bits per heavy atom. The number of hydrogen-bond acceptors (Lipinski definition) is 3. The Balaban J connectivity index is 1.73. The maximum absolute atomic E-state index is 6.17. The highest BCUT2D eigenvalue weighted by Crippen LogP contribution is 2.14. The lowest BCUT2D eigenvalue weighted by atomic mass is 10.0. The molecule has 0 saturated carbocycles. The number of benzene rings is 1. The minimum Gasteiger partial charge on any atom is -0.497 e. The van der Waals surface area contributed by atoms with E-state index in [2.05, 4.69) is 23.2 Å². The summed E-state index contributed by atoms with van der Waals surface area (Å²) >= 11 is 0. The van der Waals surface area contributed by atoms with E-state index in [-0.39, 0.29) is 6.04 Å². The summed E-state index contributed by atoms with van der Waals surface area (Å²) < 4.78 is 5.15. The maximum atomic E-state index is 6.17. The molecule has 3 nitrogen and oxygen atoms in total. The summed E-state index contributed by atoms with van der Waals surface area (Å²) in [5, 5.41) is 0. The van der Waals surface area contributed by atoms with E-state index >= 15 is 0 Å². The summed E-state index contributed by atoms with van der Waals surface area (Å²) in [6.07, 6.45) is 5.77. The van der Waals surface area contributed by atoms with E-state index in [1.807, 2.05) is 30.5 Å². The van der Waals surface area contributed by atoms with Crippen LogP contribution in [0.3, 0.4) is 0 Å². The molecule has 20 heavy (non-hydrogen) atoms. The molecule has 1 heterocycles. The molecule has 3 heteroatoms. The van der Waals surface area contributed by atoms with Crippen LogP contribution >= 0.6 is 0 Å². The molecule has 1 aromatic heterocycles. The molecule has 0 aliphatic heterocycles. The number of methoxy groups -OCH3 is 1. The van der Waals surface area contributed by atoms with Gasteiger partial charge in [0.2, 0.25) is 0 Å². The molecule has 1 unspecified atom stereocenters. The molecule has 0 aliphatic carbocycles. The number of aryl methyl sites for hydroxylation is 2. The van der Waals surface area contributed by atoms with Crippen LogP contribution in [0.15, 0.2) is 48.7 Å². The summed E-state index contributed by atoms with van der Waals surface area (Å²) in [5.74, 6) is 0.896. The second kappa shape index (κ2) is 7.65. The van der Waals surface area contributed by atoms with Gasteiger partial charge < -0.3 is 10.5 Å². The first kappa shape index (κ1) is 14.5. The quantitative estimate of drug-likeness (QED) is 0.841. The van der Waals surface area contributed by atoms with Gasteiger partial charge in [-0.25, -0.2) is 0 Å². The normalized spacial score (nSPS) is 12.1. The van der Waals surface area contributed by atoms with E-state index in [4.69, 9.17) is 10.5 Å². The van der Waals surface area contributed by atoms with Crippen LogP contribution in [0, 0.1) is 0 Å². The number of aromatic nitrogens is 1. The van der Waals surface area contributed by atoms with Gasteiger partial charge >= 0.3 is 0 Å². The second-order valence-corrected chi connectivity index (χ2v) is 5.01. The van der Waals surface area contributed by atoms with Crippen molar-refractivity contribution < 1.29 is 4.74 Å². The van der Waals surface area contributed by atoms with E-state index in [0.29, 0.717) is 0 Å². The molecule has 1 atom stereocenters. The van der Waals surface area contributed by atoms with E-state index < -0.39 is 0 Å². The zero-order valence-corrected chi connectivity index (χ0v) is 12.0. The van der Waals surface area contributed by atoms with Crippen molar-refractivity contribution >= 4 is 0 Å². The monoisotopic (exact) mass is 270 g/mol. The second-order valence-electron chi connectivity index (χ2n) is 5.01. The van der Waals surface area contributed by atoms with Gasteiger partial charge in [0, 0.05) is 17.9 Å². The Morgan fingerprint density at radius 1 is 1.05 bits per heavy atom. The van der Waals surface area contributed by atoms with Gasteiger partial charge in [-0.1, -0.05) is 18.2 Å². The van der Waals surface area contributed by atoms with Gasteiger partial charge in [0.05, 0.1) is 7.11 Å². The first-order valence-corrected chi connectivity index (χ1v) is 7.06. The molecule has 0 bridgehead atoms. The first-order chi connectivity index (χ1) is 9.78. The van der Waals surface area contributed by atoms with Crippen molar-refractivity contribution in [1.82, 2.24) is 4.98 Å². The number of hydrogen-bond donors (Lipinski definition) is 1. The average molecular weight is 270 g/mol. The van der Waals surface area contributed by atoms with Crippen molar-refractivity contribution in [1.29, 1.82) is 0 Å². The minimum atomic E-state index is 0.221. The van der Waals surface area contributed by atoms with E-state index in [0.717, 1.165) is 37.1 Å². The van der Waals surface area contributed by atoms with Gasteiger partial charge in [-0.15, -0.1) is 0 Å². The average Bonchev–Trinajstić information content (AvgIpc) is 2.52. The zero-order valence-electron chi connectivity index (χ0n) is 12.0. The van der Waals surface area contributed by atoms with Crippen LogP contribution < -0.4 is 10.5 Å². The fraction of sp³-hybridized carbons (Fsp3) is 0.353. The fourth-order valence-electron chi connectivity index (χ4n) is 2.17. The van der Waals surface area contributed by atoms with Gasteiger partial charge in [-0.05, 0) is 55.5 Å². The van der Waals surface area contributed by atoms with Crippen LogP contribution in [0.25, 0.3) is 0 Å². The molecular formula is C17H22N2O. The van der Waals surface area contributed by atoms with Gasteiger partial charge in [0.1, 0.15) is 5.75 Å². The third-order valence-electron chi connectivity index (χ3n) is 3.46. The largest absolute Gasteiger partial charge is 0.497 e. The van der Waals surface area contributed by atoms with Crippen LogP contribution in [0.1, 0.15) is 24.1 Å². The third-order valence-corrected chi connectivity index (χ3v) is 3.46. The van der Waals surface area contributed by atoms with Gasteiger partial charge in [0.25, 0.3) is 0 Å². The molecule has 0 fully saturated rings. The summed E-state index contributed by atoms with van der Waals surface area (Å²) in [5.41, 5.74) is 8.60. The van der Waals surface area contributed by atoms with Crippen LogP contribution in [-0.2, 0) is 12.8 Å². The molecule has 0 saturated heterocycles. The summed E-state index contributed by atoms with van der Waals surface area (Å²) in [4.78, 5) is 4.32. The summed E-state index contributed by atoms with van der Waals surface area (Å²) in [6.45, 7) is 0. The molecule has 0 amide bonds. The van der Waals surface area contributed by atoms with E-state index in [1.54, 1.807) is 7.11 Å². The lowest BCUT2D eigenvalue weighted by Crippen LogP contribution is -2.21. The van der Waals surface area contributed by atoms with Gasteiger partial charge in [0.15, 0.2) is 0 Å². The Kier molecular flexibility index (Phi) is 5.56. The number of nitrogens with two attached hydrogens (primary N) is 1. The molecule has 2 rings (SSSR count). The van der Waals surface area contributed by atoms with Crippen LogP contribution in [0.4, 0.5) is 0 Å². The van der Waals surface area contributed by atoms with Crippen molar-refractivity contribution in [2.24, 2.45) is 5.73 Å². The number of ether oxygens (including phenoxy) is 1. The molecule has 2 aromatic rings. The maximum Gasteiger partial charge on any atom is 0.118 e. The first-order valence-electron chi connectivity index (χ1n) is 7.06. The molecular weight excluding hydrogens is 248 g/mol. The molecule has 2 N–H and O–H groups in total. The predicted octanol–water partition coefficient (Wildman–Crippen LogP) is 2.98. The number of pyridine rings is 1. The van der Waals surface area contributed by atoms with Crippen molar-refractivity contribution in [3.05, 3.63) is 59.9 Å². The van der Waals surface area contributed by atoms with Gasteiger partial charge in [-0.3, -0.25) is 4.98 Å². The standard InChI is InChI=1S/C17H22N2O/c1-20-17-11-6-14(7-12-17)5-8-15(18)9-10-16-4-2-3-13-19-16/h2-4,6-7,11-13,15H,5,8-10,18H2,1H3. The topological polar surface area (TPSA) is 48.1 Å². The third kappa shape index (κ3) is 4.67. The molecule has 0 radical (unpaired) electrons. The van der Waals surface area contributed by atoms with Gasteiger partial charge in [-0.2, -0.15) is 0 Å². The SMILES string of the molecule is COc1ccc(CCC(N)CCc2ccccn2)cc1. The highest BCUT2D eigenvalue weighted by molar-refractivity contribution is 5.27. The van der Waals surface area contributed by atoms with E-state index in [1.165, 1.54) is 5.56 Å². The smallest absolute Gasteiger partial charge is 0.118 e. The van der Waals surface area contributed by atoms with Crippen LogP contribution in [0.2, 0.25) is 0 Å². The van der Waals surface area contributed by atoms with Crippen molar-refractivity contribution in [3.8, 4) is 5.75 Å². The Hall–Kier alpha value is -1.87. The summed E-state index contributed by atoms with van der Waals surface area (Å²) in [6, 6.07) is 14.4. The molecule has 0 aliphatic rings. The fourth-order valence-corrected chi connectivity index (χ4v) is 2.17. The molecule has 106 valence electrons. The highest BCUT2D eigenvalue weighted by atomic mass is 16.5. The lowest BCUT2D eigenvalue weighted by molar-refractivity contribution is 0.414. The minimum absolute atomic E-state index is 0.221. The van der Waals surface area contributed by atoms with Crippen molar-refractivity contribution in [3.63, 3.8) is 0 Å². The molecule has 1 aromatic carbocycles. The van der Waals surface area contributed by atoms with E-state index in [9.17, 15) is 0 Å². The van der Waals surface area contributed by atoms with Crippen molar-refractivity contribution in [2.75, 3.05) is 7.11 Å². The zero-order chi connectivity index (χ0) is 14.2. The van der Waals surface area contributed by atoms with Crippen molar-refractivity contribution in [2.45, 2.75) is 31.7 Å². The van der Waals surface area contributed by atoms with Crippen LogP contribution in [-0.4, -0.2) is 18.1 Å². The molecule has 0 spiro atoms. The highest BCUT2D eigenvalue weighted by Gasteiger charge is 2.04. The predicted molar refractivity (Wildman–Crippen MR) is 81.8 cm³/mol.